The zero-order valence-corrected chi connectivity index (χ0v) is 15.4. The summed E-state index contributed by atoms with van der Waals surface area (Å²) in [5, 5.41) is 3.72. The summed E-state index contributed by atoms with van der Waals surface area (Å²) in [7, 11) is 0. The minimum Gasteiger partial charge on any atom is -0.350 e. The van der Waals surface area contributed by atoms with Gasteiger partial charge in [0.1, 0.15) is 6.04 Å². The maximum absolute atomic E-state index is 12.6. The van der Waals surface area contributed by atoms with Gasteiger partial charge in [-0.25, -0.2) is 0 Å². The van der Waals surface area contributed by atoms with E-state index < -0.39 is 6.04 Å². The lowest BCUT2D eigenvalue weighted by molar-refractivity contribution is -0.147. The van der Waals surface area contributed by atoms with Gasteiger partial charge in [0.25, 0.3) is 0 Å². The van der Waals surface area contributed by atoms with E-state index in [0.717, 1.165) is 36.1 Å². The van der Waals surface area contributed by atoms with Crippen molar-refractivity contribution < 1.29 is 14.4 Å². The summed E-state index contributed by atoms with van der Waals surface area (Å²) in [6, 6.07) is 4.20. The van der Waals surface area contributed by atoms with Crippen LogP contribution in [0.2, 0.25) is 10.0 Å². The van der Waals surface area contributed by atoms with Crippen LogP contribution >= 0.6 is 23.2 Å². The van der Waals surface area contributed by atoms with Crippen LogP contribution in [-0.2, 0) is 20.9 Å². The Hall–Kier alpha value is -1.59. The normalized spacial score (nSPS) is 24.2. The lowest BCUT2D eigenvalue weighted by Crippen LogP contribution is -2.48. The molecule has 3 amide bonds. The number of nitrogens with one attached hydrogen (secondary N) is 1. The van der Waals surface area contributed by atoms with Crippen LogP contribution in [0.1, 0.15) is 38.2 Å². The van der Waals surface area contributed by atoms with E-state index in [-0.39, 0.29) is 36.1 Å². The van der Waals surface area contributed by atoms with Crippen LogP contribution < -0.4 is 5.32 Å². The minimum atomic E-state index is -0.823. The van der Waals surface area contributed by atoms with E-state index in [0.29, 0.717) is 10.0 Å². The molecule has 1 saturated carbocycles. The van der Waals surface area contributed by atoms with E-state index in [1.54, 1.807) is 25.1 Å². The second kappa shape index (κ2) is 7.34. The summed E-state index contributed by atoms with van der Waals surface area (Å²) in [6.07, 6.45) is 3.40. The largest absolute Gasteiger partial charge is 0.350 e. The number of carbonyl (C=O) groups is 3. The number of amides is 3. The molecule has 7 heteroatoms. The van der Waals surface area contributed by atoms with Crippen molar-refractivity contribution >= 4 is 40.9 Å². The molecule has 1 aromatic rings. The molecule has 1 heterocycles. The number of benzene rings is 1. The van der Waals surface area contributed by atoms with Gasteiger partial charge in [-0.05, 0) is 37.5 Å². The fraction of sp³-hybridized carbons (Fsp3) is 0.500. The average molecular weight is 383 g/mol. The highest BCUT2D eigenvalue weighted by Crippen LogP contribution is 2.38. The van der Waals surface area contributed by atoms with Crippen molar-refractivity contribution in [2.45, 2.75) is 45.2 Å². The van der Waals surface area contributed by atoms with E-state index in [2.05, 4.69) is 5.32 Å². The summed E-state index contributed by atoms with van der Waals surface area (Å²) in [4.78, 5) is 38.7. The van der Waals surface area contributed by atoms with Gasteiger partial charge >= 0.3 is 0 Å². The van der Waals surface area contributed by atoms with Crippen molar-refractivity contribution in [1.82, 2.24) is 10.2 Å². The number of rotatable bonds is 4. The highest BCUT2D eigenvalue weighted by Gasteiger charge is 2.50. The Morgan fingerprint density at radius 3 is 2.36 bits per heavy atom. The molecular formula is C18H20Cl2N2O3. The predicted molar refractivity (Wildman–Crippen MR) is 95.1 cm³/mol. The molecule has 1 aromatic carbocycles. The first-order valence-corrected chi connectivity index (χ1v) is 9.24. The van der Waals surface area contributed by atoms with Crippen molar-refractivity contribution in [1.29, 1.82) is 0 Å². The van der Waals surface area contributed by atoms with Crippen LogP contribution in [0.25, 0.3) is 0 Å². The first-order chi connectivity index (χ1) is 11.9. The van der Waals surface area contributed by atoms with Gasteiger partial charge in [-0.3, -0.25) is 19.3 Å². The summed E-state index contributed by atoms with van der Waals surface area (Å²) >= 11 is 11.9. The smallest absolute Gasteiger partial charge is 0.243 e. The number of imide groups is 1. The number of nitrogens with zero attached hydrogens (tertiary/aromatic N) is 1. The van der Waals surface area contributed by atoms with Crippen LogP contribution in [0.3, 0.4) is 0 Å². The molecule has 1 aliphatic heterocycles. The number of fused-ring (bicyclic) bond motifs is 1. The summed E-state index contributed by atoms with van der Waals surface area (Å²) in [5.74, 6) is -1.28. The summed E-state index contributed by atoms with van der Waals surface area (Å²) in [6.45, 7) is 1.80. The van der Waals surface area contributed by atoms with Crippen LogP contribution in [0.5, 0.6) is 0 Å². The monoisotopic (exact) mass is 382 g/mol. The van der Waals surface area contributed by atoms with Gasteiger partial charge in [-0.1, -0.05) is 42.1 Å². The first-order valence-electron chi connectivity index (χ1n) is 8.48. The van der Waals surface area contributed by atoms with Gasteiger partial charge in [0.15, 0.2) is 0 Å². The Morgan fingerprint density at radius 1 is 1.20 bits per heavy atom. The topological polar surface area (TPSA) is 66.5 Å². The van der Waals surface area contributed by atoms with Gasteiger partial charge < -0.3 is 5.32 Å². The third-order valence-electron chi connectivity index (χ3n) is 5.11. The molecule has 3 atom stereocenters. The third kappa shape index (κ3) is 3.53. The fourth-order valence-corrected chi connectivity index (χ4v) is 4.16. The molecule has 25 heavy (non-hydrogen) atoms. The molecule has 0 bridgehead atoms. The fourth-order valence-electron chi connectivity index (χ4n) is 3.68. The van der Waals surface area contributed by atoms with Crippen LogP contribution in [0.15, 0.2) is 18.2 Å². The van der Waals surface area contributed by atoms with E-state index in [4.69, 9.17) is 23.2 Å². The van der Waals surface area contributed by atoms with Crippen LogP contribution in [0, 0.1) is 11.8 Å². The highest BCUT2D eigenvalue weighted by atomic mass is 35.5. The predicted octanol–water partition coefficient (Wildman–Crippen LogP) is 3.17. The molecule has 3 unspecified atom stereocenters. The lowest BCUT2D eigenvalue weighted by Gasteiger charge is -2.22. The summed E-state index contributed by atoms with van der Waals surface area (Å²) in [5.41, 5.74) is 0.722. The molecule has 1 N–H and O–H groups in total. The quantitative estimate of drug-likeness (QED) is 0.813. The zero-order valence-electron chi connectivity index (χ0n) is 13.9. The van der Waals surface area contributed by atoms with E-state index in [1.807, 2.05) is 0 Å². The number of likely N-dealkylation sites (tertiary alicyclic amines) is 1. The molecule has 1 saturated heterocycles. The molecule has 1 aliphatic carbocycles. The van der Waals surface area contributed by atoms with Crippen LogP contribution in [0.4, 0.5) is 0 Å². The molecule has 0 spiro atoms. The molecule has 2 aliphatic rings. The Labute approximate surface area is 156 Å². The van der Waals surface area contributed by atoms with Gasteiger partial charge in [-0.15, -0.1) is 0 Å². The standard InChI is InChI=1S/C18H20Cl2N2O3/c1-10(16(23)21-9-11-6-7-12(19)8-15(11)20)22-17(24)13-4-2-3-5-14(13)18(22)25/h6-8,10,13-14H,2-5,9H2,1H3,(H,21,23). The van der Waals surface area contributed by atoms with Crippen molar-refractivity contribution in [3.05, 3.63) is 33.8 Å². The molecule has 134 valence electrons. The van der Waals surface area contributed by atoms with Crippen LogP contribution in [-0.4, -0.2) is 28.7 Å². The van der Waals surface area contributed by atoms with E-state index in [9.17, 15) is 14.4 Å². The average Bonchev–Trinajstić information content (AvgIpc) is 2.85. The minimum absolute atomic E-state index is 0.207. The van der Waals surface area contributed by atoms with E-state index >= 15 is 0 Å². The molecule has 5 nitrogen and oxygen atoms in total. The number of halogens is 2. The molecule has 3 rings (SSSR count). The first kappa shape index (κ1) is 18.2. The van der Waals surface area contributed by atoms with E-state index in [1.165, 1.54) is 0 Å². The Balaban J connectivity index is 1.66. The molecular weight excluding hydrogens is 363 g/mol. The Morgan fingerprint density at radius 2 is 1.80 bits per heavy atom. The highest BCUT2D eigenvalue weighted by molar-refractivity contribution is 6.35. The second-order valence-corrected chi connectivity index (χ2v) is 7.52. The van der Waals surface area contributed by atoms with Crippen molar-refractivity contribution in [2.24, 2.45) is 11.8 Å². The molecule has 2 fully saturated rings. The maximum atomic E-state index is 12.6. The van der Waals surface area contributed by atoms with Gasteiger partial charge in [-0.2, -0.15) is 0 Å². The number of carbonyl (C=O) groups excluding carboxylic acids is 3. The number of hydrogen-bond acceptors (Lipinski definition) is 3. The summed E-state index contributed by atoms with van der Waals surface area (Å²) < 4.78 is 0. The Kier molecular flexibility index (Phi) is 5.35. The van der Waals surface area contributed by atoms with Gasteiger partial charge in [0, 0.05) is 16.6 Å². The lowest BCUT2D eigenvalue weighted by atomic mass is 9.81. The third-order valence-corrected chi connectivity index (χ3v) is 5.70. The number of hydrogen-bond donors (Lipinski definition) is 1. The zero-order chi connectivity index (χ0) is 18.1. The molecule has 0 aromatic heterocycles. The second-order valence-electron chi connectivity index (χ2n) is 6.67. The van der Waals surface area contributed by atoms with Crippen molar-refractivity contribution in [3.63, 3.8) is 0 Å². The van der Waals surface area contributed by atoms with Crippen molar-refractivity contribution in [3.8, 4) is 0 Å². The van der Waals surface area contributed by atoms with Gasteiger partial charge in [0.05, 0.1) is 11.8 Å². The SMILES string of the molecule is CC(C(=O)NCc1ccc(Cl)cc1Cl)N1C(=O)C2CCCCC2C1=O. The maximum Gasteiger partial charge on any atom is 0.243 e. The van der Waals surface area contributed by atoms with Gasteiger partial charge in [0.2, 0.25) is 17.7 Å². The van der Waals surface area contributed by atoms with Crippen molar-refractivity contribution in [2.75, 3.05) is 0 Å². The molecule has 0 radical (unpaired) electrons. The Bertz CT molecular complexity index is 698.